The van der Waals surface area contributed by atoms with Gasteiger partial charge in [0.05, 0.1) is 5.39 Å². The van der Waals surface area contributed by atoms with Gasteiger partial charge in [-0.05, 0) is 18.0 Å². The smallest absolute Gasteiger partial charge is 0.224 e. The van der Waals surface area contributed by atoms with E-state index in [1.807, 2.05) is 0 Å². The number of aryl methyl sites for hydroxylation is 1. The van der Waals surface area contributed by atoms with Gasteiger partial charge < -0.3 is 0 Å². The summed E-state index contributed by atoms with van der Waals surface area (Å²) < 4.78 is 1.77. The summed E-state index contributed by atoms with van der Waals surface area (Å²) in [7, 11) is 0. The molecule has 0 unspecified atom stereocenters. The van der Waals surface area contributed by atoms with Crippen LogP contribution in [0.15, 0.2) is 6.20 Å². The van der Waals surface area contributed by atoms with Crippen LogP contribution in [-0.4, -0.2) is 19.7 Å². The van der Waals surface area contributed by atoms with Crippen LogP contribution in [0.1, 0.15) is 19.8 Å². The molecule has 2 aromatic rings. The SMILES string of the molecule is CCCCn1nc(Cl)c2cnc(Cl)nc21. The third-order valence-corrected chi connectivity index (χ3v) is 2.60. The van der Waals surface area contributed by atoms with Crippen LogP contribution in [-0.2, 0) is 6.54 Å². The van der Waals surface area contributed by atoms with E-state index in [2.05, 4.69) is 22.0 Å². The van der Waals surface area contributed by atoms with Crippen molar-refractivity contribution < 1.29 is 0 Å². The number of halogens is 2. The molecule has 4 nitrogen and oxygen atoms in total. The Hall–Kier alpha value is -0.870. The summed E-state index contributed by atoms with van der Waals surface area (Å²) in [5.74, 6) is 0. The molecule has 6 heteroatoms. The van der Waals surface area contributed by atoms with Crippen molar-refractivity contribution >= 4 is 34.2 Å². The highest BCUT2D eigenvalue weighted by Crippen LogP contribution is 2.21. The Morgan fingerprint density at radius 2 is 2.20 bits per heavy atom. The fourth-order valence-electron chi connectivity index (χ4n) is 1.37. The maximum atomic E-state index is 5.95. The molecule has 2 aromatic heterocycles. The van der Waals surface area contributed by atoms with E-state index in [0.29, 0.717) is 10.8 Å². The molecule has 2 heterocycles. The predicted molar refractivity (Wildman–Crippen MR) is 60.3 cm³/mol. The number of fused-ring (bicyclic) bond motifs is 1. The molecule has 0 radical (unpaired) electrons. The molecule has 80 valence electrons. The second-order valence-electron chi connectivity index (χ2n) is 3.24. The summed E-state index contributed by atoms with van der Waals surface area (Å²) in [4.78, 5) is 8.00. The normalized spacial score (nSPS) is 11.1. The van der Waals surface area contributed by atoms with E-state index < -0.39 is 0 Å². The van der Waals surface area contributed by atoms with E-state index in [9.17, 15) is 0 Å². The van der Waals surface area contributed by atoms with Crippen LogP contribution in [0.25, 0.3) is 11.0 Å². The van der Waals surface area contributed by atoms with Gasteiger partial charge in [0.25, 0.3) is 0 Å². The summed E-state index contributed by atoms with van der Waals surface area (Å²) in [5, 5.41) is 5.58. The van der Waals surface area contributed by atoms with E-state index in [0.717, 1.165) is 24.8 Å². The first kappa shape index (κ1) is 10.6. The standard InChI is InChI=1S/C9H10Cl2N4/c1-2-3-4-15-8-6(7(10)14-15)5-12-9(11)13-8/h5H,2-4H2,1H3. The van der Waals surface area contributed by atoms with Crippen LogP contribution in [0.3, 0.4) is 0 Å². The van der Waals surface area contributed by atoms with Gasteiger partial charge in [0.2, 0.25) is 5.28 Å². The summed E-state index contributed by atoms with van der Waals surface area (Å²) >= 11 is 11.7. The van der Waals surface area contributed by atoms with Crippen molar-refractivity contribution in [2.75, 3.05) is 0 Å². The zero-order chi connectivity index (χ0) is 10.8. The highest BCUT2D eigenvalue weighted by atomic mass is 35.5. The van der Waals surface area contributed by atoms with Crippen molar-refractivity contribution in [3.8, 4) is 0 Å². The van der Waals surface area contributed by atoms with Gasteiger partial charge in [-0.25, -0.2) is 9.67 Å². The molecule has 15 heavy (non-hydrogen) atoms. The van der Waals surface area contributed by atoms with Crippen molar-refractivity contribution in [3.63, 3.8) is 0 Å². The van der Waals surface area contributed by atoms with Crippen LogP contribution in [0, 0.1) is 0 Å². The number of aromatic nitrogens is 4. The summed E-state index contributed by atoms with van der Waals surface area (Å²) in [5.41, 5.74) is 0.702. The molecule has 0 fully saturated rings. The highest BCUT2D eigenvalue weighted by Gasteiger charge is 2.10. The Morgan fingerprint density at radius 3 is 2.93 bits per heavy atom. The van der Waals surface area contributed by atoms with Crippen molar-refractivity contribution in [2.24, 2.45) is 0 Å². The predicted octanol–water partition coefficient (Wildman–Crippen LogP) is 2.93. The molecule has 0 saturated heterocycles. The van der Waals surface area contributed by atoms with Crippen molar-refractivity contribution in [2.45, 2.75) is 26.3 Å². The van der Waals surface area contributed by atoms with Gasteiger partial charge >= 0.3 is 0 Å². The van der Waals surface area contributed by atoms with E-state index >= 15 is 0 Å². The van der Waals surface area contributed by atoms with E-state index in [1.165, 1.54) is 0 Å². The molecule has 0 bridgehead atoms. The second-order valence-corrected chi connectivity index (χ2v) is 3.94. The van der Waals surface area contributed by atoms with Gasteiger partial charge in [-0.15, -0.1) is 0 Å². The summed E-state index contributed by atoms with van der Waals surface area (Å²) in [6, 6.07) is 0. The number of nitrogens with zero attached hydrogens (tertiary/aromatic N) is 4. The van der Waals surface area contributed by atoms with Crippen molar-refractivity contribution in [3.05, 3.63) is 16.6 Å². The molecule has 0 saturated carbocycles. The third kappa shape index (κ3) is 2.06. The minimum Gasteiger partial charge on any atom is -0.246 e. The molecule has 0 amide bonds. The van der Waals surface area contributed by atoms with Crippen LogP contribution in [0.5, 0.6) is 0 Å². The molecule has 0 atom stereocenters. The van der Waals surface area contributed by atoms with Crippen LogP contribution in [0.4, 0.5) is 0 Å². The molecule has 0 spiro atoms. The molecule has 0 aliphatic heterocycles. The summed E-state index contributed by atoms with van der Waals surface area (Å²) in [6.45, 7) is 2.92. The molecule has 0 aliphatic rings. The lowest BCUT2D eigenvalue weighted by Gasteiger charge is -2.00. The Bertz CT molecular complexity index is 480. The Balaban J connectivity index is 2.49. The average Bonchev–Trinajstić information content (AvgIpc) is 2.52. The van der Waals surface area contributed by atoms with Gasteiger partial charge in [0.15, 0.2) is 10.8 Å². The van der Waals surface area contributed by atoms with Crippen LogP contribution < -0.4 is 0 Å². The molecular weight excluding hydrogens is 235 g/mol. The van der Waals surface area contributed by atoms with Crippen molar-refractivity contribution in [1.82, 2.24) is 19.7 Å². The molecule has 0 aliphatic carbocycles. The number of hydrogen-bond donors (Lipinski definition) is 0. The average molecular weight is 245 g/mol. The van der Waals surface area contributed by atoms with E-state index in [1.54, 1.807) is 10.9 Å². The summed E-state index contributed by atoms with van der Waals surface area (Å²) in [6.07, 6.45) is 3.73. The first-order valence-electron chi connectivity index (χ1n) is 4.77. The zero-order valence-electron chi connectivity index (χ0n) is 8.24. The van der Waals surface area contributed by atoms with E-state index in [4.69, 9.17) is 23.2 Å². The zero-order valence-corrected chi connectivity index (χ0v) is 9.76. The monoisotopic (exact) mass is 244 g/mol. The molecule has 0 N–H and O–H groups in total. The third-order valence-electron chi connectivity index (χ3n) is 2.14. The minimum atomic E-state index is 0.219. The minimum absolute atomic E-state index is 0.219. The Kier molecular flexibility index (Phi) is 3.07. The Morgan fingerprint density at radius 1 is 1.40 bits per heavy atom. The fourth-order valence-corrected chi connectivity index (χ4v) is 1.72. The maximum absolute atomic E-state index is 5.95. The Labute approximate surface area is 97.2 Å². The first-order valence-corrected chi connectivity index (χ1v) is 5.52. The van der Waals surface area contributed by atoms with Gasteiger partial charge in [0, 0.05) is 12.7 Å². The number of hydrogen-bond acceptors (Lipinski definition) is 3. The maximum Gasteiger partial charge on any atom is 0.224 e. The van der Waals surface area contributed by atoms with Gasteiger partial charge in [-0.3, -0.25) is 0 Å². The van der Waals surface area contributed by atoms with Crippen molar-refractivity contribution in [1.29, 1.82) is 0 Å². The molecule has 2 rings (SSSR count). The first-order chi connectivity index (χ1) is 7.22. The van der Waals surface area contributed by atoms with Gasteiger partial charge in [0.1, 0.15) is 0 Å². The van der Waals surface area contributed by atoms with E-state index in [-0.39, 0.29) is 5.28 Å². The lowest BCUT2D eigenvalue weighted by Crippen LogP contribution is -2.01. The van der Waals surface area contributed by atoms with Crippen LogP contribution in [0.2, 0.25) is 10.4 Å². The van der Waals surface area contributed by atoms with Crippen LogP contribution >= 0.6 is 23.2 Å². The number of unbranched alkanes of at least 4 members (excludes halogenated alkanes) is 1. The lowest BCUT2D eigenvalue weighted by molar-refractivity contribution is 0.584. The second kappa shape index (κ2) is 4.33. The molecule has 0 aromatic carbocycles. The lowest BCUT2D eigenvalue weighted by atomic mass is 10.3. The van der Waals surface area contributed by atoms with Gasteiger partial charge in [-0.1, -0.05) is 24.9 Å². The fraction of sp³-hybridized carbons (Fsp3) is 0.444. The van der Waals surface area contributed by atoms with Gasteiger partial charge in [-0.2, -0.15) is 10.1 Å². The number of rotatable bonds is 3. The largest absolute Gasteiger partial charge is 0.246 e. The topological polar surface area (TPSA) is 43.6 Å². The highest BCUT2D eigenvalue weighted by molar-refractivity contribution is 6.34. The quantitative estimate of drug-likeness (QED) is 0.781. The molecular formula is C9H10Cl2N4.